The van der Waals surface area contributed by atoms with Gasteiger partial charge < -0.3 is 0 Å². The summed E-state index contributed by atoms with van der Waals surface area (Å²) in [4.78, 5) is 14.1. The minimum Gasteiger partial charge on any atom is -0.289 e. The highest BCUT2D eigenvalue weighted by Gasteiger charge is 2.52. The summed E-state index contributed by atoms with van der Waals surface area (Å²) in [6.45, 7) is 0. The van der Waals surface area contributed by atoms with Crippen molar-refractivity contribution in [3.8, 4) is 0 Å². The van der Waals surface area contributed by atoms with Gasteiger partial charge in [-0.3, -0.25) is 4.79 Å². The molecule has 0 saturated heterocycles. The number of hydrogen-bond donors (Lipinski definition) is 0. The van der Waals surface area contributed by atoms with Crippen molar-refractivity contribution in [3.63, 3.8) is 0 Å². The Labute approximate surface area is 382 Å². The zero-order valence-electron chi connectivity index (χ0n) is 33.0. The third kappa shape index (κ3) is 8.45. The Bertz CT molecular complexity index is 2830. The van der Waals surface area contributed by atoms with Crippen LogP contribution in [0.2, 0.25) is 0 Å². The first-order chi connectivity index (χ1) is 32.3. The van der Waals surface area contributed by atoms with E-state index in [0.29, 0.717) is 15.4 Å². The van der Waals surface area contributed by atoms with Gasteiger partial charge >= 0.3 is 0 Å². The van der Waals surface area contributed by atoms with Crippen LogP contribution in [-0.2, 0) is 14.1 Å². The van der Waals surface area contributed by atoms with Crippen LogP contribution in [0.25, 0.3) is 0 Å². The molecule has 7 aromatic carbocycles. The average Bonchev–Trinajstić information content (AvgIpc) is 3.34. The lowest BCUT2D eigenvalue weighted by molar-refractivity contribution is 0.102. The topological polar surface area (TPSA) is 34.1 Å². The molecular weight excluding hydrogens is 1060 g/mol. The molecule has 0 saturated carbocycles. The van der Waals surface area contributed by atoms with Gasteiger partial charge in [-0.05, 0) is 36.4 Å². The Morgan fingerprint density at radius 1 is 0.348 bits per heavy atom. The second kappa shape index (κ2) is 19.5. The summed E-state index contributed by atoms with van der Waals surface area (Å²) in [5, 5.41) is 0. The molecule has 7 rings (SSSR count). The normalized spacial score (nSPS) is 11.7. The number of hydrogen-bond acceptors (Lipinski definition) is 2. The van der Waals surface area contributed by atoms with E-state index in [0.717, 1.165) is 4.47 Å². The van der Waals surface area contributed by atoms with Gasteiger partial charge in [0, 0.05) is 10.0 Å². The van der Waals surface area contributed by atoms with Crippen LogP contribution in [0, 0.1) is 116 Å². The monoisotopic (exact) mass is 1080 g/mol. The van der Waals surface area contributed by atoms with E-state index in [4.69, 9.17) is 0 Å². The minimum atomic E-state index is -7.22. The number of Topliss-reactive ketones (excluding diaryl/α,β-unsaturated/α-hetero) is 1. The molecule has 0 fully saturated rings. The second-order valence-corrected chi connectivity index (χ2v) is 17.7. The van der Waals surface area contributed by atoms with Crippen LogP contribution in [0.15, 0.2) is 99.2 Å². The molecule has 2 nitrogen and oxygen atoms in total. The van der Waals surface area contributed by atoms with Gasteiger partial charge in [-0.15, -0.1) is 21.9 Å². The van der Waals surface area contributed by atoms with Crippen LogP contribution < -0.4 is 21.9 Å². The number of carbonyl (C=O) groups is 1. The molecule has 0 aliphatic carbocycles. The van der Waals surface area contributed by atoms with Crippen molar-refractivity contribution in [2.75, 3.05) is 5.75 Å². The maximum atomic E-state index is 15.4. The van der Waals surface area contributed by atoms with Crippen LogP contribution in [0.3, 0.4) is 0 Å². The summed E-state index contributed by atoms with van der Waals surface area (Å²) < 4.78 is 309. The van der Waals surface area contributed by atoms with Crippen LogP contribution >= 0.6 is 15.9 Å². The fourth-order valence-electron chi connectivity index (χ4n) is 7.36. The number of benzene rings is 7. The Morgan fingerprint density at radius 2 is 0.565 bits per heavy atom. The smallest absolute Gasteiger partial charge is 0.212 e. The lowest BCUT2D eigenvalue weighted by atomic mass is 9.12. The fraction of sp³-hybridized carbons (Fsp3) is 0.0227. The molecule has 69 heavy (non-hydrogen) atoms. The average molecular weight is 1080 g/mol. The van der Waals surface area contributed by atoms with Crippen LogP contribution in [-0.4, -0.2) is 17.7 Å². The number of ketones is 1. The lowest BCUT2D eigenvalue weighted by Gasteiger charge is -2.44. The molecule has 7 aromatic rings. The number of halogens is 21. The van der Waals surface area contributed by atoms with Crippen molar-refractivity contribution in [3.05, 3.63) is 211 Å². The van der Waals surface area contributed by atoms with Gasteiger partial charge in [-0.2, -0.15) is 0 Å². The zero-order valence-corrected chi connectivity index (χ0v) is 35.4. The van der Waals surface area contributed by atoms with Crippen LogP contribution in [0.5, 0.6) is 0 Å². The SMILES string of the molecule is Fc1c(F)c(F)c([B-](c2c(F)c(F)c(F)c(F)c2F)(c2c(F)c(F)c(F)c(F)c2F)c2c(F)c(F)c(F)c(F)c2F)c(F)c1F.O=C(C[S+](=O)(c1ccccc1)c1ccccc1)c1ccc(Br)cc1. The summed E-state index contributed by atoms with van der Waals surface area (Å²) in [6, 6.07) is 25.6. The summed E-state index contributed by atoms with van der Waals surface area (Å²) in [7, 11) is -2.67. The molecule has 0 amide bonds. The minimum absolute atomic E-state index is 0.0390. The van der Waals surface area contributed by atoms with E-state index in [2.05, 4.69) is 15.9 Å². The highest BCUT2D eigenvalue weighted by molar-refractivity contribution is 9.10. The van der Waals surface area contributed by atoms with E-state index in [-0.39, 0.29) is 11.5 Å². The van der Waals surface area contributed by atoms with Gasteiger partial charge in [0.05, 0.1) is 0 Å². The van der Waals surface area contributed by atoms with Crippen LogP contribution in [0.1, 0.15) is 10.4 Å². The number of rotatable bonds is 9. The molecule has 0 spiro atoms. The Morgan fingerprint density at radius 3 is 0.797 bits per heavy atom. The standard InChI is InChI=1S/C24BF20.C20H16BrO2S/c26-5-1(6(27)14(35)21(42)13(5)34)25(2-7(28)15(36)22(43)16(37)8(2)29,3-9(30)17(38)23(44)18(39)10(3)31)4-11(32)19(40)24(45)20(41)12(4)33;21-17-13-11-16(12-14-17)20(22)15-24(23,18-7-3-1-4-8-18)19-9-5-2-6-10-19/h;1-14H,15H2/q-1;+1. The summed E-state index contributed by atoms with van der Waals surface area (Å²) in [5.41, 5.74) is -13.8. The molecule has 0 aromatic heterocycles. The Kier molecular flexibility index (Phi) is 14.7. The molecule has 0 unspecified atom stereocenters. The lowest BCUT2D eigenvalue weighted by Crippen LogP contribution is -2.81. The third-order valence-corrected chi connectivity index (χ3v) is 13.7. The third-order valence-electron chi connectivity index (χ3n) is 10.5. The maximum absolute atomic E-state index is 15.4. The van der Waals surface area contributed by atoms with Crippen LogP contribution in [0.4, 0.5) is 87.8 Å². The highest BCUT2D eigenvalue weighted by atomic mass is 79.9. The first kappa shape index (κ1) is 51.9. The van der Waals surface area contributed by atoms with Crippen molar-refractivity contribution in [1.29, 1.82) is 0 Å². The van der Waals surface area contributed by atoms with Gasteiger partial charge in [0.2, 0.25) is 5.78 Å². The van der Waals surface area contributed by atoms with Gasteiger partial charge in [0.1, 0.15) is 52.7 Å². The van der Waals surface area contributed by atoms with Crippen molar-refractivity contribution in [2.24, 2.45) is 0 Å². The molecule has 0 bridgehead atoms. The largest absolute Gasteiger partial charge is 0.289 e. The summed E-state index contributed by atoms with van der Waals surface area (Å²) in [6.07, 6.45) is -7.22. The van der Waals surface area contributed by atoms with Crippen molar-refractivity contribution >= 4 is 59.6 Å². The van der Waals surface area contributed by atoms with Gasteiger partial charge in [-0.25, -0.2) is 87.8 Å². The van der Waals surface area contributed by atoms with Crippen molar-refractivity contribution in [1.82, 2.24) is 0 Å². The molecule has 0 atom stereocenters. The number of carbonyl (C=O) groups excluding carboxylic acids is 1. The summed E-state index contributed by atoms with van der Waals surface area (Å²) >= 11 is 3.36. The van der Waals surface area contributed by atoms with E-state index in [1.807, 2.05) is 72.8 Å². The van der Waals surface area contributed by atoms with E-state index in [9.17, 15) is 61.7 Å². The zero-order chi connectivity index (χ0) is 51.3. The molecule has 0 aliphatic heterocycles. The van der Waals surface area contributed by atoms with E-state index in [1.165, 1.54) is 0 Å². The van der Waals surface area contributed by atoms with E-state index < -0.39 is 154 Å². The fourth-order valence-corrected chi connectivity index (χ4v) is 9.96. The maximum Gasteiger partial charge on any atom is 0.212 e. The van der Waals surface area contributed by atoms with Crippen molar-refractivity contribution in [2.45, 2.75) is 9.79 Å². The van der Waals surface area contributed by atoms with E-state index in [1.54, 1.807) is 12.1 Å². The molecule has 0 N–H and O–H groups in total. The molecular formula is C44H16BBrF20O2S. The predicted octanol–water partition coefficient (Wildman–Crippen LogP) is 11.1. The highest BCUT2D eigenvalue weighted by Crippen LogP contribution is 2.32. The molecule has 0 aliphatic rings. The Balaban J connectivity index is 0.000000273. The molecule has 0 heterocycles. The Hall–Kier alpha value is -6.50. The van der Waals surface area contributed by atoms with Gasteiger partial charge in [0.25, 0.3) is 0 Å². The molecule has 0 radical (unpaired) electrons. The predicted molar refractivity (Wildman–Crippen MR) is 210 cm³/mol. The second-order valence-electron chi connectivity index (χ2n) is 14.2. The van der Waals surface area contributed by atoms with E-state index >= 15 is 35.1 Å². The van der Waals surface area contributed by atoms with Crippen molar-refractivity contribution < 1.29 is 96.8 Å². The summed E-state index contributed by atoms with van der Waals surface area (Å²) in [5.74, 6) is -71.6. The van der Waals surface area contributed by atoms with Gasteiger partial charge in [-0.1, -0.05) is 68.7 Å². The quantitative estimate of drug-likeness (QED) is 0.0361. The first-order valence-corrected chi connectivity index (χ1v) is 21.0. The first-order valence-electron chi connectivity index (χ1n) is 18.4. The molecule has 360 valence electrons. The molecule has 25 heteroatoms. The van der Waals surface area contributed by atoms with Gasteiger partial charge in [0.15, 0.2) is 95.3 Å².